The second-order valence-electron chi connectivity index (χ2n) is 2.77. The standard InChI is InChI=1S/C8H17.2ClH.In.2H/c1-3-5-7-8-6-4-2;;;;;/h1,3-8H2,2H3;2*1H;;;. The smallest absolute Gasteiger partial charge is 0.147 e. The molecule has 0 aliphatic carbocycles. The molecule has 3 heteroatoms. The van der Waals surface area contributed by atoms with Gasteiger partial charge in [0.2, 0.25) is 0 Å². The summed E-state index contributed by atoms with van der Waals surface area (Å²) in [7, 11) is 0. The van der Waals surface area contributed by atoms with Gasteiger partial charge in [0, 0.05) is 0 Å². The number of hydrogen-bond donors (Lipinski definition) is 0. The molecule has 0 aromatic heterocycles. The molecule has 0 nitrogen and oxygen atoms in total. The number of halogens is 2. The van der Waals surface area contributed by atoms with E-state index in [-0.39, 0.29) is 24.8 Å². The van der Waals surface area contributed by atoms with Crippen molar-refractivity contribution in [1.29, 1.82) is 0 Å². The summed E-state index contributed by atoms with van der Waals surface area (Å²) >= 11 is 0.970. The molecule has 0 amide bonds. The van der Waals surface area contributed by atoms with E-state index in [9.17, 15) is 0 Å². The fraction of sp³-hybridized carbons (Fsp3) is 1.00. The van der Waals surface area contributed by atoms with E-state index in [0.29, 0.717) is 0 Å². The molecule has 0 aromatic rings. The summed E-state index contributed by atoms with van der Waals surface area (Å²) < 4.78 is 1.58. The van der Waals surface area contributed by atoms with Gasteiger partial charge in [-0.1, -0.05) is 0 Å². The predicted octanol–water partition coefficient (Wildman–Crippen LogP) is 3.24. The second kappa shape index (κ2) is 17.5. The first kappa shape index (κ1) is 18.3. The van der Waals surface area contributed by atoms with E-state index in [1.807, 2.05) is 0 Å². The Morgan fingerprint density at radius 2 is 1.27 bits per heavy atom. The third kappa shape index (κ3) is 18.4. The van der Waals surface area contributed by atoms with Gasteiger partial charge in [-0.3, -0.25) is 0 Å². The largest absolute Gasteiger partial charge is 0.147 e. The fourth-order valence-corrected chi connectivity index (χ4v) is 2.46. The Balaban J connectivity index is -0.000000320. The Bertz CT molecular complexity index is 45.4. The van der Waals surface area contributed by atoms with Gasteiger partial charge in [0.15, 0.2) is 0 Å². The summed E-state index contributed by atoms with van der Waals surface area (Å²) in [6.07, 6.45) is 8.84. The van der Waals surface area contributed by atoms with E-state index < -0.39 is 0 Å². The van der Waals surface area contributed by atoms with Gasteiger partial charge >= 0.3 is 74.0 Å². The van der Waals surface area contributed by atoms with Crippen molar-refractivity contribution in [2.45, 2.75) is 49.6 Å². The average Bonchev–Trinajstić information content (AvgIpc) is 1.89. The SMILES string of the molecule is CCCCCCC[CH2][InH2].Cl.Cl. The molecule has 0 rings (SSSR count). The van der Waals surface area contributed by atoms with E-state index in [1.54, 1.807) is 4.18 Å². The Morgan fingerprint density at radius 1 is 0.818 bits per heavy atom. The van der Waals surface area contributed by atoms with Crippen LogP contribution in [-0.2, 0) is 0 Å². The molecular formula is C8H21Cl2In. The maximum Gasteiger partial charge on any atom is -0.147 e. The van der Waals surface area contributed by atoms with Gasteiger partial charge in [-0.05, 0) is 0 Å². The van der Waals surface area contributed by atoms with Gasteiger partial charge in [-0.15, -0.1) is 24.8 Å². The zero-order valence-corrected chi connectivity index (χ0v) is 15.1. The molecule has 0 aliphatic rings. The molecule has 0 radical (unpaired) electrons. The van der Waals surface area contributed by atoms with Gasteiger partial charge in [0.1, 0.15) is 0 Å². The van der Waals surface area contributed by atoms with Crippen LogP contribution < -0.4 is 0 Å². The van der Waals surface area contributed by atoms with Crippen molar-refractivity contribution in [2.24, 2.45) is 0 Å². The Morgan fingerprint density at radius 3 is 1.73 bits per heavy atom. The van der Waals surface area contributed by atoms with Crippen LogP contribution in [0.2, 0.25) is 4.18 Å². The minimum atomic E-state index is 0. The molecule has 0 aliphatic heterocycles. The predicted molar refractivity (Wildman–Crippen MR) is 61.2 cm³/mol. The van der Waals surface area contributed by atoms with Crippen LogP contribution in [0.25, 0.3) is 0 Å². The maximum absolute atomic E-state index is 2.27. The molecular weight excluding hydrogens is 282 g/mol. The van der Waals surface area contributed by atoms with Gasteiger partial charge in [0.05, 0.1) is 0 Å². The van der Waals surface area contributed by atoms with Crippen molar-refractivity contribution >= 4 is 49.2 Å². The normalized spacial score (nSPS) is 8.09. The Kier molecular flexibility index (Phi) is 29.1. The number of rotatable bonds is 6. The van der Waals surface area contributed by atoms with Crippen LogP contribution in [-0.4, -0.2) is 24.4 Å². The van der Waals surface area contributed by atoms with Crippen LogP contribution in [0.1, 0.15) is 45.4 Å². The van der Waals surface area contributed by atoms with Crippen molar-refractivity contribution in [1.82, 2.24) is 0 Å². The average molecular weight is 303 g/mol. The minimum absolute atomic E-state index is 0. The molecule has 0 saturated heterocycles. The van der Waals surface area contributed by atoms with Crippen LogP contribution >= 0.6 is 24.8 Å². The summed E-state index contributed by atoms with van der Waals surface area (Å²) in [6.45, 7) is 2.27. The van der Waals surface area contributed by atoms with Crippen LogP contribution in [0, 0.1) is 0 Å². The summed E-state index contributed by atoms with van der Waals surface area (Å²) in [5.74, 6) is 0. The van der Waals surface area contributed by atoms with Crippen LogP contribution in [0.5, 0.6) is 0 Å². The van der Waals surface area contributed by atoms with E-state index in [0.717, 1.165) is 24.4 Å². The van der Waals surface area contributed by atoms with Crippen molar-refractivity contribution < 1.29 is 0 Å². The van der Waals surface area contributed by atoms with E-state index >= 15 is 0 Å². The first-order valence-corrected chi connectivity index (χ1v) is 8.45. The summed E-state index contributed by atoms with van der Waals surface area (Å²) in [5, 5.41) is 0. The van der Waals surface area contributed by atoms with Gasteiger partial charge in [-0.25, -0.2) is 0 Å². The van der Waals surface area contributed by atoms with Crippen LogP contribution in [0.3, 0.4) is 0 Å². The zero-order valence-electron chi connectivity index (χ0n) is 7.77. The van der Waals surface area contributed by atoms with Crippen molar-refractivity contribution in [3.05, 3.63) is 0 Å². The van der Waals surface area contributed by atoms with E-state index in [1.165, 1.54) is 38.5 Å². The van der Waals surface area contributed by atoms with Gasteiger partial charge in [-0.2, -0.15) is 0 Å². The Labute approximate surface area is 98.3 Å². The molecule has 70 valence electrons. The monoisotopic (exact) mass is 302 g/mol. The topological polar surface area (TPSA) is 0 Å². The molecule has 0 bridgehead atoms. The van der Waals surface area contributed by atoms with E-state index in [2.05, 4.69) is 6.92 Å². The first-order chi connectivity index (χ1) is 4.41. The van der Waals surface area contributed by atoms with Crippen LogP contribution in [0.4, 0.5) is 0 Å². The molecule has 0 spiro atoms. The second-order valence-corrected chi connectivity index (χ2v) is 5.62. The number of unbranched alkanes of at least 4 members (excludes halogenated alkanes) is 5. The molecule has 11 heavy (non-hydrogen) atoms. The maximum atomic E-state index is 2.27. The third-order valence-electron chi connectivity index (χ3n) is 1.71. The van der Waals surface area contributed by atoms with Crippen LogP contribution in [0.15, 0.2) is 0 Å². The molecule has 0 atom stereocenters. The van der Waals surface area contributed by atoms with Crippen molar-refractivity contribution in [3.8, 4) is 0 Å². The van der Waals surface area contributed by atoms with E-state index in [4.69, 9.17) is 0 Å². The fourth-order valence-electron chi connectivity index (χ4n) is 1.03. The molecule has 0 fully saturated rings. The minimum Gasteiger partial charge on any atom is -0.147 e. The molecule has 0 unspecified atom stereocenters. The summed E-state index contributed by atoms with van der Waals surface area (Å²) in [5.41, 5.74) is 0. The quantitative estimate of drug-likeness (QED) is 0.661. The van der Waals surface area contributed by atoms with Crippen molar-refractivity contribution in [2.75, 3.05) is 0 Å². The van der Waals surface area contributed by atoms with Gasteiger partial charge < -0.3 is 0 Å². The summed E-state index contributed by atoms with van der Waals surface area (Å²) in [6, 6.07) is 0. The molecule has 0 saturated carbocycles. The molecule has 0 heterocycles. The van der Waals surface area contributed by atoms with Gasteiger partial charge in [0.25, 0.3) is 0 Å². The Hall–Kier alpha value is 1.45. The zero-order chi connectivity index (χ0) is 6.95. The molecule has 0 N–H and O–H groups in total. The first-order valence-electron chi connectivity index (χ1n) is 4.41. The molecule has 0 aromatic carbocycles. The summed E-state index contributed by atoms with van der Waals surface area (Å²) in [4.78, 5) is 0. The third-order valence-corrected chi connectivity index (χ3v) is 3.73. The number of hydrogen-bond acceptors (Lipinski definition) is 0. The van der Waals surface area contributed by atoms with Crippen molar-refractivity contribution in [3.63, 3.8) is 0 Å².